The minimum atomic E-state index is -0.816. The highest BCUT2D eigenvalue weighted by molar-refractivity contribution is 6.31. The number of ether oxygens (including phenoxy) is 2. The van der Waals surface area contributed by atoms with Crippen LogP contribution in [0.4, 0.5) is 10.1 Å². The van der Waals surface area contributed by atoms with Crippen molar-refractivity contribution in [3.63, 3.8) is 0 Å². The fourth-order valence-corrected chi connectivity index (χ4v) is 5.21. The number of carbonyl (C=O) groups is 1. The normalized spacial score (nSPS) is 18.7. The lowest BCUT2D eigenvalue weighted by molar-refractivity contribution is 0.0704. The van der Waals surface area contributed by atoms with Crippen molar-refractivity contribution in [1.29, 1.82) is 0 Å². The van der Waals surface area contributed by atoms with Crippen LogP contribution in [-0.2, 0) is 16.5 Å². The Bertz CT molecular complexity index is 1590. The third-order valence-electron chi connectivity index (χ3n) is 6.57. The van der Waals surface area contributed by atoms with Crippen LogP contribution < -0.4 is 15.8 Å². The van der Waals surface area contributed by atoms with Crippen LogP contribution in [-0.4, -0.2) is 46.8 Å². The monoisotopic (exact) mass is 574 g/mol. The quantitative estimate of drug-likeness (QED) is 0.471. The van der Waals surface area contributed by atoms with E-state index in [0.717, 1.165) is 0 Å². The Morgan fingerprint density at radius 1 is 1.13 bits per heavy atom. The number of benzene rings is 1. The maximum absolute atomic E-state index is 14.8. The maximum atomic E-state index is 14.8. The maximum Gasteiger partial charge on any atom is 0.279 e. The number of anilines is 1. The van der Waals surface area contributed by atoms with Crippen molar-refractivity contribution in [2.45, 2.75) is 32.3 Å². The van der Waals surface area contributed by atoms with Gasteiger partial charge in [0.15, 0.2) is 5.69 Å². The molecule has 0 fully saturated rings. The number of nitrogens with zero attached hydrogens (tertiary/aromatic N) is 5. The first-order valence-electron chi connectivity index (χ1n) is 11.9. The van der Waals surface area contributed by atoms with Gasteiger partial charge in [0.1, 0.15) is 22.7 Å². The smallest absolute Gasteiger partial charge is 0.279 e. The number of hydrogen-bond donors (Lipinski definition) is 1. The molecule has 0 saturated heterocycles. The van der Waals surface area contributed by atoms with Crippen LogP contribution in [0.3, 0.4) is 0 Å². The molecule has 1 N–H and O–H groups in total. The van der Waals surface area contributed by atoms with E-state index in [1.807, 2.05) is 18.4 Å². The first-order chi connectivity index (χ1) is 18.6. The molecule has 13 heteroatoms. The summed E-state index contributed by atoms with van der Waals surface area (Å²) >= 11 is 12.2. The number of aliphatic imine (C=N–C) groups is 1. The molecule has 4 heterocycles. The van der Waals surface area contributed by atoms with Crippen molar-refractivity contribution in [2.24, 2.45) is 12.0 Å². The van der Waals surface area contributed by atoms with Crippen LogP contribution in [0, 0.1) is 5.82 Å². The van der Waals surface area contributed by atoms with Gasteiger partial charge in [0.2, 0.25) is 12.2 Å². The van der Waals surface area contributed by atoms with Crippen LogP contribution in [0.15, 0.2) is 46.1 Å². The molecule has 0 spiro atoms. The van der Waals surface area contributed by atoms with E-state index in [2.05, 4.69) is 10.3 Å². The van der Waals surface area contributed by atoms with E-state index < -0.39 is 29.7 Å². The van der Waals surface area contributed by atoms with Crippen LogP contribution in [0.5, 0.6) is 0 Å². The molecule has 2 atom stereocenters. The second-order valence-electron chi connectivity index (χ2n) is 9.30. The van der Waals surface area contributed by atoms with Gasteiger partial charge in [0, 0.05) is 32.6 Å². The molecule has 3 aromatic rings. The number of carbonyl (C=O) groups excluding carboxylic acids is 1. The molecule has 39 heavy (non-hydrogen) atoms. The van der Waals surface area contributed by atoms with Crippen LogP contribution in [0.1, 0.15) is 53.5 Å². The number of imidazole rings is 1. The minimum absolute atomic E-state index is 0.0508. The molecular weight excluding hydrogens is 550 g/mol. The fourth-order valence-electron chi connectivity index (χ4n) is 4.85. The van der Waals surface area contributed by atoms with Gasteiger partial charge in [-0.25, -0.2) is 14.4 Å². The highest BCUT2D eigenvalue weighted by Gasteiger charge is 2.45. The van der Waals surface area contributed by atoms with Gasteiger partial charge in [-0.2, -0.15) is 0 Å². The molecule has 204 valence electrons. The lowest BCUT2D eigenvalue weighted by Gasteiger charge is -2.29. The largest absolute Gasteiger partial charge is 0.482 e. The lowest BCUT2D eigenvalue weighted by atomic mass is 10.0. The summed E-state index contributed by atoms with van der Waals surface area (Å²) in [5.74, 6) is -0.284. The number of aryl methyl sites for hydroxylation is 1. The van der Waals surface area contributed by atoms with Crippen LogP contribution in [0.25, 0.3) is 5.57 Å². The van der Waals surface area contributed by atoms with E-state index >= 15 is 0 Å². The summed E-state index contributed by atoms with van der Waals surface area (Å²) in [6, 6.07) is 4.79. The molecule has 5 rings (SSSR count). The molecule has 0 radical (unpaired) electrons. The highest BCUT2D eigenvalue weighted by atomic mass is 35.5. The molecule has 0 bridgehead atoms. The van der Waals surface area contributed by atoms with Gasteiger partial charge in [-0.1, -0.05) is 29.3 Å². The Morgan fingerprint density at radius 2 is 1.87 bits per heavy atom. The molecule has 0 saturated carbocycles. The molecule has 2 aromatic heterocycles. The van der Waals surface area contributed by atoms with E-state index in [0.29, 0.717) is 34.2 Å². The number of allylic oxidation sites excluding steroid dienone is 1. The average Bonchev–Trinajstić information content (AvgIpc) is 3.43. The van der Waals surface area contributed by atoms with E-state index in [4.69, 9.17) is 37.7 Å². The molecular formula is C26H25Cl2FN6O4. The third kappa shape index (κ3) is 4.40. The van der Waals surface area contributed by atoms with E-state index in [1.165, 1.54) is 55.1 Å². The van der Waals surface area contributed by atoms with Gasteiger partial charge >= 0.3 is 0 Å². The fraction of sp³-hybridized carbons (Fsp3) is 0.308. The Kier molecular flexibility index (Phi) is 7.00. The predicted octanol–water partition coefficient (Wildman–Crippen LogP) is 4.28. The summed E-state index contributed by atoms with van der Waals surface area (Å²) in [5, 5.41) is 2.92. The van der Waals surface area contributed by atoms with E-state index in [-0.39, 0.29) is 21.8 Å². The van der Waals surface area contributed by atoms with Gasteiger partial charge in [-0.05, 0) is 37.6 Å². The van der Waals surface area contributed by atoms with Gasteiger partial charge in [-0.15, -0.1) is 0 Å². The number of rotatable bonds is 6. The molecule has 1 aromatic carbocycles. The summed E-state index contributed by atoms with van der Waals surface area (Å²) < 4.78 is 28.7. The van der Waals surface area contributed by atoms with Crippen molar-refractivity contribution >= 4 is 46.6 Å². The van der Waals surface area contributed by atoms with Crippen molar-refractivity contribution in [2.75, 3.05) is 19.1 Å². The number of pyridine rings is 1. The summed E-state index contributed by atoms with van der Waals surface area (Å²) in [4.78, 5) is 36.9. The number of fused-ring (bicyclic) bond motifs is 1. The average molecular weight is 575 g/mol. The number of halogens is 3. The zero-order valence-electron chi connectivity index (χ0n) is 21.7. The predicted molar refractivity (Wildman–Crippen MR) is 146 cm³/mol. The zero-order chi connectivity index (χ0) is 28.2. The van der Waals surface area contributed by atoms with Gasteiger partial charge in [-0.3, -0.25) is 14.5 Å². The zero-order valence-corrected chi connectivity index (χ0v) is 23.2. The van der Waals surface area contributed by atoms with Crippen molar-refractivity contribution in [1.82, 2.24) is 19.4 Å². The summed E-state index contributed by atoms with van der Waals surface area (Å²) in [6.45, 7) is 3.89. The van der Waals surface area contributed by atoms with Gasteiger partial charge < -0.3 is 23.9 Å². The van der Waals surface area contributed by atoms with E-state index in [1.54, 1.807) is 12.3 Å². The number of hydrogen-bond acceptors (Lipinski definition) is 7. The summed E-state index contributed by atoms with van der Waals surface area (Å²) in [7, 11) is 4.54. The summed E-state index contributed by atoms with van der Waals surface area (Å²) in [6.07, 6.45) is 2.44. The lowest BCUT2D eigenvalue weighted by Crippen LogP contribution is -2.34. The SMILES string of the molecule is COC1=C(c2nc3c(n2C(C)C)C(c2ccc(Cl)c(F)c2)N(c2cc(Cl)c(=O)n(C)c2)C3=O)C=NC(OC)N1. The molecule has 2 unspecified atom stereocenters. The van der Waals surface area contributed by atoms with Crippen LogP contribution in [0.2, 0.25) is 10.0 Å². The number of methoxy groups -OCH3 is 2. The Hall–Kier alpha value is -3.67. The number of aromatic nitrogens is 3. The number of amides is 1. The molecule has 2 aliphatic rings. The highest BCUT2D eigenvalue weighted by Crippen LogP contribution is 2.44. The van der Waals surface area contributed by atoms with Crippen molar-refractivity contribution < 1.29 is 18.7 Å². The van der Waals surface area contributed by atoms with Gasteiger partial charge in [0.25, 0.3) is 11.5 Å². The topological polar surface area (TPSA) is 103 Å². The second kappa shape index (κ2) is 10.1. The van der Waals surface area contributed by atoms with E-state index in [9.17, 15) is 14.0 Å². The standard InChI is InChI=1S/C26H25Cl2FN6O4/c1-12(2)34-21-19(31-22(34)15-10-30-26(39-5)32-23(15)38-4)25(37)35(14-9-17(28)24(36)33(3)11-14)20(21)13-6-7-16(27)18(29)8-13/h6-12,20,26,32H,1-5H3. The molecule has 2 aliphatic heterocycles. The minimum Gasteiger partial charge on any atom is -0.482 e. The third-order valence-corrected chi connectivity index (χ3v) is 7.15. The molecule has 1 amide bonds. The Balaban J connectivity index is 1.78. The first kappa shape index (κ1) is 26.9. The second-order valence-corrected chi connectivity index (χ2v) is 10.1. The van der Waals surface area contributed by atoms with Crippen molar-refractivity contribution in [3.8, 4) is 0 Å². The summed E-state index contributed by atoms with van der Waals surface area (Å²) in [5.41, 5.74) is 1.60. The number of nitrogens with one attached hydrogen (secondary N) is 1. The Morgan fingerprint density at radius 3 is 2.49 bits per heavy atom. The van der Waals surface area contributed by atoms with Crippen LogP contribution >= 0.6 is 23.2 Å². The Labute approximate surface area is 233 Å². The molecule has 10 nitrogen and oxygen atoms in total. The van der Waals surface area contributed by atoms with Crippen molar-refractivity contribution in [3.05, 3.63) is 85.3 Å². The molecule has 0 aliphatic carbocycles. The first-order valence-corrected chi connectivity index (χ1v) is 12.7. The van der Waals surface area contributed by atoms with Gasteiger partial charge in [0.05, 0.1) is 29.1 Å².